The minimum atomic E-state index is 0.663. The lowest BCUT2D eigenvalue weighted by Crippen LogP contribution is -2.04. The van der Waals surface area contributed by atoms with Crippen LogP contribution >= 0.6 is 11.3 Å². The van der Waals surface area contributed by atoms with E-state index in [0.29, 0.717) is 5.82 Å². The van der Waals surface area contributed by atoms with Crippen LogP contribution in [0, 0.1) is 0 Å². The highest BCUT2D eigenvalue weighted by atomic mass is 32.1. The van der Waals surface area contributed by atoms with Gasteiger partial charge in [0.25, 0.3) is 0 Å². The van der Waals surface area contributed by atoms with Crippen LogP contribution in [0.1, 0.15) is 13.3 Å². The van der Waals surface area contributed by atoms with E-state index in [-0.39, 0.29) is 0 Å². The average Bonchev–Trinajstić information content (AvgIpc) is 3.08. The first-order chi connectivity index (χ1) is 10.4. The highest BCUT2D eigenvalue weighted by Gasteiger charge is 2.09. The Balaban J connectivity index is 2.05. The molecule has 5 heteroatoms. The maximum absolute atomic E-state index is 4.65. The van der Waals surface area contributed by atoms with Gasteiger partial charge in [-0.05, 0) is 6.42 Å². The lowest BCUT2D eigenvalue weighted by Gasteiger charge is -2.08. The zero-order valence-electron chi connectivity index (χ0n) is 11.8. The van der Waals surface area contributed by atoms with Gasteiger partial charge in [0.15, 0.2) is 5.82 Å². The van der Waals surface area contributed by atoms with Crippen molar-refractivity contribution in [3.8, 4) is 22.8 Å². The number of nitrogens with zero attached hydrogens (tertiary/aromatic N) is 3. The second kappa shape index (κ2) is 6.45. The highest BCUT2D eigenvalue weighted by molar-refractivity contribution is 7.07. The van der Waals surface area contributed by atoms with Gasteiger partial charge in [-0.3, -0.25) is 0 Å². The number of thiazole rings is 1. The zero-order valence-corrected chi connectivity index (χ0v) is 12.6. The van der Waals surface area contributed by atoms with Gasteiger partial charge < -0.3 is 5.32 Å². The monoisotopic (exact) mass is 296 g/mol. The molecule has 0 radical (unpaired) electrons. The molecule has 0 amide bonds. The Hall–Kier alpha value is -2.27. The summed E-state index contributed by atoms with van der Waals surface area (Å²) in [5.41, 5.74) is 4.60. The Kier molecular flexibility index (Phi) is 4.21. The number of aromatic nitrogens is 3. The quantitative estimate of drug-likeness (QED) is 0.770. The van der Waals surface area contributed by atoms with Gasteiger partial charge in [0.2, 0.25) is 0 Å². The second-order valence-corrected chi connectivity index (χ2v) is 5.35. The predicted octanol–water partition coefficient (Wildman–Crippen LogP) is 4.09. The van der Waals surface area contributed by atoms with Crippen molar-refractivity contribution < 1.29 is 0 Å². The van der Waals surface area contributed by atoms with Crippen LogP contribution in [0.3, 0.4) is 0 Å². The van der Waals surface area contributed by atoms with Crippen LogP contribution in [-0.2, 0) is 0 Å². The van der Waals surface area contributed by atoms with Gasteiger partial charge in [0.1, 0.15) is 11.5 Å². The van der Waals surface area contributed by atoms with Crippen LogP contribution in [0.25, 0.3) is 22.8 Å². The number of rotatable bonds is 5. The molecule has 106 valence electrons. The van der Waals surface area contributed by atoms with E-state index in [1.807, 2.05) is 29.6 Å². The summed E-state index contributed by atoms with van der Waals surface area (Å²) in [6, 6.07) is 12.1. The molecule has 0 fully saturated rings. The fraction of sp³-hybridized carbons (Fsp3) is 0.188. The predicted molar refractivity (Wildman–Crippen MR) is 87.4 cm³/mol. The van der Waals surface area contributed by atoms with Crippen LogP contribution in [0.5, 0.6) is 0 Å². The van der Waals surface area contributed by atoms with E-state index in [1.165, 1.54) is 0 Å². The van der Waals surface area contributed by atoms with Crippen molar-refractivity contribution in [3.05, 3.63) is 47.3 Å². The molecule has 1 N–H and O–H groups in total. The summed E-state index contributed by atoms with van der Waals surface area (Å²) in [7, 11) is 0. The maximum Gasteiger partial charge on any atom is 0.181 e. The molecular weight excluding hydrogens is 280 g/mol. The van der Waals surface area contributed by atoms with Crippen molar-refractivity contribution in [2.45, 2.75) is 13.3 Å². The highest BCUT2D eigenvalue weighted by Crippen LogP contribution is 2.24. The molecule has 21 heavy (non-hydrogen) atoms. The van der Waals surface area contributed by atoms with Crippen LogP contribution in [-0.4, -0.2) is 21.5 Å². The van der Waals surface area contributed by atoms with Crippen LogP contribution < -0.4 is 5.32 Å². The van der Waals surface area contributed by atoms with Crippen LogP contribution in [0.15, 0.2) is 47.3 Å². The first-order valence-corrected chi connectivity index (χ1v) is 7.88. The summed E-state index contributed by atoms with van der Waals surface area (Å²) in [4.78, 5) is 13.5. The van der Waals surface area contributed by atoms with E-state index in [2.05, 4.69) is 39.3 Å². The van der Waals surface area contributed by atoms with Gasteiger partial charge in [-0.25, -0.2) is 15.0 Å². The SMILES string of the molecule is CCCNc1cc(-c2ccccc2)nc(-c2cscn2)n1. The van der Waals surface area contributed by atoms with Crippen LogP contribution in [0.4, 0.5) is 5.82 Å². The van der Waals surface area contributed by atoms with Gasteiger partial charge in [-0.2, -0.15) is 0 Å². The van der Waals surface area contributed by atoms with Gasteiger partial charge in [-0.1, -0.05) is 37.3 Å². The van der Waals surface area contributed by atoms with E-state index in [4.69, 9.17) is 0 Å². The lowest BCUT2D eigenvalue weighted by molar-refractivity contribution is 0.966. The third kappa shape index (κ3) is 3.25. The van der Waals surface area contributed by atoms with E-state index in [1.54, 1.807) is 16.8 Å². The Morgan fingerprint density at radius 2 is 1.95 bits per heavy atom. The van der Waals surface area contributed by atoms with Crippen molar-refractivity contribution in [1.29, 1.82) is 0 Å². The van der Waals surface area contributed by atoms with Crippen molar-refractivity contribution in [2.24, 2.45) is 0 Å². The van der Waals surface area contributed by atoms with E-state index >= 15 is 0 Å². The average molecular weight is 296 g/mol. The molecule has 0 spiro atoms. The largest absolute Gasteiger partial charge is 0.370 e. The molecule has 0 saturated heterocycles. The van der Waals surface area contributed by atoms with Gasteiger partial charge in [-0.15, -0.1) is 11.3 Å². The summed E-state index contributed by atoms with van der Waals surface area (Å²) in [5, 5.41) is 5.30. The first-order valence-electron chi connectivity index (χ1n) is 6.94. The fourth-order valence-electron chi connectivity index (χ4n) is 1.99. The fourth-order valence-corrected chi connectivity index (χ4v) is 2.52. The maximum atomic E-state index is 4.65. The lowest BCUT2D eigenvalue weighted by atomic mass is 10.1. The Morgan fingerprint density at radius 3 is 2.67 bits per heavy atom. The Bertz CT molecular complexity index is 696. The number of hydrogen-bond donors (Lipinski definition) is 1. The molecule has 4 nitrogen and oxygen atoms in total. The smallest absolute Gasteiger partial charge is 0.181 e. The molecule has 0 aliphatic rings. The van der Waals surface area contributed by atoms with Crippen molar-refractivity contribution in [3.63, 3.8) is 0 Å². The molecule has 0 saturated carbocycles. The summed E-state index contributed by atoms with van der Waals surface area (Å²) < 4.78 is 0. The van der Waals surface area contributed by atoms with E-state index < -0.39 is 0 Å². The molecule has 0 atom stereocenters. The minimum Gasteiger partial charge on any atom is -0.370 e. The molecule has 2 heterocycles. The van der Waals surface area contributed by atoms with Crippen molar-refractivity contribution in [1.82, 2.24) is 15.0 Å². The standard InChI is InChI=1S/C16H16N4S/c1-2-8-17-15-9-13(12-6-4-3-5-7-12)19-16(20-15)14-10-21-11-18-14/h3-7,9-11H,2,8H2,1H3,(H,17,19,20). The third-order valence-corrected chi connectivity index (χ3v) is 3.60. The summed E-state index contributed by atoms with van der Waals surface area (Å²) >= 11 is 1.55. The minimum absolute atomic E-state index is 0.663. The molecule has 3 aromatic rings. The molecule has 0 bridgehead atoms. The molecule has 2 aromatic heterocycles. The number of nitrogens with one attached hydrogen (secondary N) is 1. The molecule has 0 unspecified atom stereocenters. The summed E-state index contributed by atoms with van der Waals surface area (Å²) in [6.07, 6.45) is 1.05. The molecule has 0 aliphatic heterocycles. The molecule has 3 rings (SSSR count). The Labute approximate surface area is 127 Å². The molecular formula is C16H16N4S. The zero-order chi connectivity index (χ0) is 14.5. The van der Waals surface area contributed by atoms with E-state index in [9.17, 15) is 0 Å². The number of benzene rings is 1. The third-order valence-electron chi connectivity index (χ3n) is 3.01. The van der Waals surface area contributed by atoms with Gasteiger partial charge >= 0.3 is 0 Å². The summed E-state index contributed by atoms with van der Waals surface area (Å²) in [6.45, 7) is 3.02. The second-order valence-electron chi connectivity index (χ2n) is 4.63. The van der Waals surface area contributed by atoms with Crippen LogP contribution in [0.2, 0.25) is 0 Å². The number of hydrogen-bond acceptors (Lipinski definition) is 5. The van der Waals surface area contributed by atoms with Crippen molar-refractivity contribution in [2.75, 3.05) is 11.9 Å². The van der Waals surface area contributed by atoms with Gasteiger partial charge in [0, 0.05) is 23.6 Å². The Morgan fingerprint density at radius 1 is 1.10 bits per heavy atom. The molecule has 1 aromatic carbocycles. The van der Waals surface area contributed by atoms with Crippen molar-refractivity contribution >= 4 is 17.2 Å². The van der Waals surface area contributed by atoms with E-state index in [0.717, 1.165) is 35.7 Å². The summed E-state index contributed by atoms with van der Waals surface area (Å²) in [5.74, 6) is 1.50. The normalized spacial score (nSPS) is 10.5. The number of anilines is 1. The first kappa shape index (κ1) is 13.7. The molecule has 0 aliphatic carbocycles. The van der Waals surface area contributed by atoms with Gasteiger partial charge in [0.05, 0.1) is 11.2 Å². The topological polar surface area (TPSA) is 50.7 Å².